The van der Waals surface area contributed by atoms with Gasteiger partial charge in [-0.15, -0.1) is 0 Å². The molecule has 0 aliphatic carbocycles. The van der Waals surface area contributed by atoms with Gasteiger partial charge in [-0.2, -0.15) is 0 Å². The van der Waals surface area contributed by atoms with E-state index < -0.39 is 26.5 Å². The summed E-state index contributed by atoms with van der Waals surface area (Å²) < 4.78 is 34.2. The van der Waals surface area contributed by atoms with Gasteiger partial charge in [0, 0.05) is 12.8 Å². The van der Waals surface area contributed by atoms with Gasteiger partial charge in [-0.25, -0.2) is 0 Å². The molecule has 0 rings (SSSR count). The van der Waals surface area contributed by atoms with Gasteiger partial charge in [0.05, 0.1) is 27.7 Å². The molecule has 0 amide bonds. The van der Waals surface area contributed by atoms with E-state index in [1.54, 1.807) is 0 Å². The summed E-state index contributed by atoms with van der Waals surface area (Å²) in [6.07, 6.45) is 67.3. The van der Waals surface area contributed by atoms with E-state index in [1.165, 1.54) is 270 Å². The first-order valence-corrected chi connectivity index (χ1v) is 33.9. The van der Waals surface area contributed by atoms with Gasteiger partial charge in [0.1, 0.15) is 19.8 Å². The van der Waals surface area contributed by atoms with Crippen LogP contribution >= 0.6 is 7.82 Å². The minimum Gasteiger partial charge on any atom is -0.756 e. The summed E-state index contributed by atoms with van der Waals surface area (Å²) in [7, 11) is 1.19. The number of carbonyl (C=O) groups is 2. The number of allylic oxidation sites excluding steroid dienone is 2. The van der Waals surface area contributed by atoms with Crippen LogP contribution in [0.25, 0.3) is 0 Å². The highest BCUT2D eigenvalue weighted by molar-refractivity contribution is 7.45. The standard InChI is InChI=1S/C64H126NO8P/c1-6-8-10-12-14-16-18-20-21-22-23-24-25-26-27-28-29-30-31-32-33-34-35-36-37-38-39-40-41-42-43-45-47-49-51-53-55-57-64(67)73-62(61-72-74(68,69)71-59-58-65(3,4)5)60-70-63(66)56-54-52-50-48-46-44-19-17-15-13-11-9-7-2/h22-23,62H,6-21,24-61H2,1-5H3/b23-22-. The van der Waals surface area contributed by atoms with Gasteiger partial charge in [0.2, 0.25) is 0 Å². The number of ether oxygens (including phenoxy) is 2. The van der Waals surface area contributed by atoms with Crippen LogP contribution in [0, 0.1) is 0 Å². The highest BCUT2D eigenvalue weighted by Gasteiger charge is 2.22. The first kappa shape index (κ1) is 72.8. The molecule has 0 aromatic carbocycles. The van der Waals surface area contributed by atoms with E-state index in [0.29, 0.717) is 17.4 Å². The molecule has 0 aromatic heterocycles. The van der Waals surface area contributed by atoms with Gasteiger partial charge in [0.25, 0.3) is 7.82 Å². The highest BCUT2D eigenvalue weighted by atomic mass is 31.2. The van der Waals surface area contributed by atoms with Gasteiger partial charge in [0.15, 0.2) is 6.10 Å². The topological polar surface area (TPSA) is 111 Å². The fraction of sp³-hybridized carbons (Fsp3) is 0.938. The van der Waals surface area contributed by atoms with E-state index in [0.717, 1.165) is 32.1 Å². The quantitative estimate of drug-likeness (QED) is 0.0195. The summed E-state index contributed by atoms with van der Waals surface area (Å²) in [6, 6.07) is 0. The molecule has 0 aromatic rings. The Morgan fingerprint density at radius 2 is 0.689 bits per heavy atom. The van der Waals surface area contributed by atoms with Gasteiger partial charge in [-0.05, 0) is 38.5 Å². The van der Waals surface area contributed by atoms with Crippen LogP contribution in [0.1, 0.15) is 335 Å². The number of rotatable bonds is 61. The predicted octanol–water partition coefficient (Wildman–Crippen LogP) is 19.8. The number of phosphoric ester groups is 1. The van der Waals surface area contributed by atoms with Crippen LogP contribution in [0.2, 0.25) is 0 Å². The first-order valence-electron chi connectivity index (χ1n) is 32.4. The zero-order chi connectivity index (χ0) is 54.2. The second-order valence-electron chi connectivity index (χ2n) is 23.5. The normalized spacial score (nSPS) is 13.2. The Hall–Kier alpha value is -1.25. The van der Waals surface area contributed by atoms with E-state index >= 15 is 0 Å². The zero-order valence-electron chi connectivity index (χ0n) is 50.1. The third-order valence-corrected chi connectivity index (χ3v) is 15.7. The second kappa shape index (κ2) is 56.5. The molecular weight excluding hydrogens is 942 g/mol. The van der Waals surface area contributed by atoms with Crippen LogP contribution in [0.5, 0.6) is 0 Å². The van der Waals surface area contributed by atoms with Crippen molar-refractivity contribution in [1.29, 1.82) is 0 Å². The number of hydrogen-bond acceptors (Lipinski definition) is 8. The van der Waals surface area contributed by atoms with Crippen LogP contribution in [-0.4, -0.2) is 70.0 Å². The number of nitrogens with zero attached hydrogens (tertiary/aromatic N) is 1. The van der Waals surface area contributed by atoms with E-state index in [9.17, 15) is 19.0 Å². The molecular formula is C64H126NO8P. The molecule has 0 fully saturated rings. The van der Waals surface area contributed by atoms with Crippen molar-refractivity contribution in [2.24, 2.45) is 0 Å². The third kappa shape index (κ3) is 60.0. The summed E-state index contributed by atoms with van der Waals surface area (Å²) in [5, 5.41) is 0. The van der Waals surface area contributed by atoms with Crippen molar-refractivity contribution in [2.75, 3.05) is 47.5 Å². The molecule has 0 saturated heterocycles. The number of phosphoric acid groups is 1. The summed E-state index contributed by atoms with van der Waals surface area (Å²) in [4.78, 5) is 37.8. The molecule has 2 unspecified atom stereocenters. The number of unbranched alkanes of at least 4 members (excludes halogenated alkanes) is 45. The lowest BCUT2D eigenvalue weighted by Crippen LogP contribution is -2.37. The monoisotopic (exact) mass is 1070 g/mol. The molecule has 0 radical (unpaired) electrons. The van der Waals surface area contributed by atoms with Crippen molar-refractivity contribution in [1.82, 2.24) is 0 Å². The van der Waals surface area contributed by atoms with Crippen molar-refractivity contribution in [3.63, 3.8) is 0 Å². The molecule has 0 aliphatic rings. The van der Waals surface area contributed by atoms with Gasteiger partial charge in [-0.3, -0.25) is 14.2 Å². The van der Waals surface area contributed by atoms with Crippen molar-refractivity contribution >= 4 is 19.8 Å². The van der Waals surface area contributed by atoms with Crippen molar-refractivity contribution < 1.29 is 42.1 Å². The molecule has 2 atom stereocenters. The van der Waals surface area contributed by atoms with Gasteiger partial charge >= 0.3 is 11.9 Å². The summed E-state index contributed by atoms with van der Waals surface area (Å²) in [6.45, 7) is 4.29. The maximum atomic E-state index is 12.8. The number of esters is 2. The maximum Gasteiger partial charge on any atom is 0.306 e. The molecule has 0 N–H and O–H groups in total. The average Bonchev–Trinajstić information content (AvgIpc) is 3.36. The lowest BCUT2D eigenvalue weighted by atomic mass is 10.0. The average molecular weight is 1070 g/mol. The number of quaternary nitrogens is 1. The largest absolute Gasteiger partial charge is 0.756 e. The number of hydrogen-bond donors (Lipinski definition) is 0. The van der Waals surface area contributed by atoms with Gasteiger partial charge < -0.3 is 27.9 Å². The number of carbonyl (C=O) groups excluding carboxylic acids is 2. The predicted molar refractivity (Wildman–Crippen MR) is 315 cm³/mol. The minimum atomic E-state index is -4.63. The Balaban J connectivity index is 3.86. The molecule has 0 aliphatic heterocycles. The Labute approximate surface area is 460 Å². The van der Waals surface area contributed by atoms with Crippen LogP contribution in [-0.2, 0) is 32.7 Å². The third-order valence-electron chi connectivity index (χ3n) is 14.8. The summed E-state index contributed by atoms with van der Waals surface area (Å²) in [5.41, 5.74) is 0. The Bertz CT molecular complexity index is 1260. The lowest BCUT2D eigenvalue weighted by Gasteiger charge is -2.28. The fourth-order valence-corrected chi connectivity index (χ4v) is 10.5. The molecule has 0 bridgehead atoms. The molecule has 10 heteroatoms. The molecule has 9 nitrogen and oxygen atoms in total. The Morgan fingerprint density at radius 1 is 0.405 bits per heavy atom. The van der Waals surface area contributed by atoms with Crippen molar-refractivity contribution in [2.45, 2.75) is 341 Å². The summed E-state index contributed by atoms with van der Waals surface area (Å²) >= 11 is 0. The van der Waals surface area contributed by atoms with Crippen LogP contribution in [0.3, 0.4) is 0 Å². The van der Waals surface area contributed by atoms with Crippen LogP contribution < -0.4 is 4.89 Å². The molecule has 0 heterocycles. The molecule has 74 heavy (non-hydrogen) atoms. The maximum absolute atomic E-state index is 12.8. The first-order chi connectivity index (χ1) is 36.0. The van der Waals surface area contributed by atoms with Crippen molar-refractivity contribution in [3.8, 4) is 0 Å². The molecule has 0 saturated carbocycles. The summed E-state index contributed by atoms with van der Waals surface area (Å²) in [5.74, 6) is -0.813. The smallest absolute Gasteiger partial charge is 0.306 e. The van der Waals surface area contributed by atoms with Crippen LogP contribution in [0.15, 0.2) is 12.2 Å². The lowest BCUT2D eigenvalue weighted by molar-refractivity contribution is -0.870. The second-order valence-corrected chi connectivity index (χ2v) is 24.9. The van der Waals surface area contributed by atoms with Crippen LogP contribution in [0.4, 0.5) is 0 Å². The molecule has 0 spiro atoms. The zero-order valence-corrected chi connectivity index (χ0v) is 51.0. The highest BCUT2D eigenvalue weighted by Crippen LogP contribution is 2.38. The minimum absolute atomic E-state index is 0.0259. The van der Waals surface area contributed by atoms with Crippen molar-refractivity contribution in [3.05, 3.63) is 12.2 Å². The van der Waals surface area contributed by atoms with E-state index in [-0.39, 0.29) is 32.0 Å². The fourth-order valence-electron chi connectivity index (χ4n) is 9.77. The Morgan fingerprint density at radius 3 is 1.00 bits per heavy atom. The number of likely N-dealkylation sites (N-methyl/N-ethyl adjacent to an activating group) is 1. The van der Waals surface area contributed by atoms with E-state index in [2.05, 4.69) is 26.0 Å². The molecule has 440 valence electrons. The van der Waals surface area contributed by atoms with Gasteiger partial charge in [-0.1, -0.05) is 296 Å². The SMILES string of the molecule is CCCCCCCCCC/C=C\CCCCCCCCCCCCCCCCCCCCCCCCCCCC(=O)OC(COC(=O)CCCCCCCCCCCCCCC)COP(=O)([O-])OCC[N+](C)(C)C. The Kier molecular flexibility index (Phi) is 55.5. The van der Waals surface area contributed by atoms with E-state index in [4.69, 9.17) is 18.5 Å². The van der Waals surface area contributed by atoms with E-state index in [1.807, 2.05) is 21.1 Å².